The molecule has 1 aromatic heterocycles. The van der Waals surface area contributed by atoms with Crippen LogP contribution in [0.25, 0.3) is 5.69 Å². The Morgan fingerprint density at radius 1 is 1.41 bits per heavy atom. The Morgan fingerprint density at radius 2 is 2.24 bits per heavy atom. The lowest BCUT2D eigenvalue weighted by atomic mass is 10.2. The maximum atomic E-state index is 6.26. The SMILES string of the molecule is CCNCc1ccc(-n2ccnc2C)cc1Cl. The zero-order chi connectivity index (χ0) is 12.3. The molecule has 0 aliphatic heterocycles. The van der Waals surface area contributed by atoms with Gasteiger partial charge in [0.05, 0.1) is 0 Å². The Bertz CT molecular complexity index is 505. The van der Waals surface area contributed by atoms with Crippen LogP contribution in [0.5, 0.6) is 0 Å². The molecule has 0 aliphatic rings. The van der Waals surface area contributed by atoms with Gasteiger partial charge in [-0.25, -0.2) is 4.98 Å². The minimum Gasteiger partial charge on any atom is -0.313 e. The van der Waals surface area contributed by atoms with Gasteiger partial charge in [0, 0.05) is 29.6 Å². The highest BCUT2D eigenvalue weighted by Gasteiger charge is 2.04. The van der Waals surface area contributed by atoms with Crippen molar-refractivity contribution in [2.24, 2.45) is 0 Å². The molecule has 90 valence electrons. The first kappa shape index (κ1) is 12.1. The maximum absolute atomic E-state index is 6.26. The summed E-state index contributed by atoms with van der Waals surface area (Å²) in [6.45, 7) is 5.80. The molecule has 2 rings (SSSR count). The number of imidazole rings is 1. The van der Waals surface area contributed by atoms with E-state index in [1.807, 2.05) is 23.8 Å². The summed E-state index contributed by atoms with van der Waals surface area (Å²) in [6.07, 6.45) is 3.72. The zero-order valence-corrected chi connectivity index (χ0v) is 10.8. The first-order valence-corrected chi connectivity index (χ1v) is 6.09. The van der Waals surface area contributed by atoms with E-state index in [0.29, 0.717) is 0 Å². The summed E-state index contributed by atoms with van der Waals surface area (Å²) in [7, 11) is 0. The van der Waals surface area contributed by atoms with Crippen molar-refractivity contribution in [2.45, 2.75) is 20.4 Å². The van der Waals surface area contributed by atoms with Crippen LogP contribution in [0.4, 0.5) is 0 Å². The molecule has 1 aromatic carbocycles. The van der Waals surface area contributed by atoms with E-state index in [4.69, 9.17) is 11.6 Å². The van der Waals surface area contributed by atoms with Crippen molar-refractivity contribution in [3.05, 3.63) is 47.0 Å². The Morgan fingerprint density at radius 3 is 2.82 bits per heavy atom. The number of nitrogens with one attached hydrogen (secondary N) is 1. The number of rotatable bonds is 4. The van der Waals surface area contributed by atoms with Crippen LogP contribution in [0.1, 0.15) is 18.3 Å². The van der Waals surface area contributed by atoms with Gasteiger partial charge in [-0.05, 0) is 31.2 Å². The molecule has 0 bridgehead atoms. The average Bonchev–Trinajstić information content (AvgIpc) is 2.74. The van der Waals surface area contributed by atoms with Gasteiger partial charge in [0.25, 0.3) is 0 Å². The smallest absolute Gasteiger partial charge is 0.110 e. The van der Waals surface area contributed by atoms with Crippen molar-refractivity contribution in [1.82, 2.24) is 14.9 Å². The molecule has 2 aromatic rings. The quantitative estimate of drug-likeness (QED) is 0.903. The van der Waals surface area contributed by atoms with Gasteiger partial charge in [0.2, 0.25) is 0 Å². The minimum absolute atomic E-state index is 0.788. The maximum Gasteiger partial charge on any atom is 0.110 e. The van der Waals surface area contributed by atoms with Gasteiger partial charge >= 0.3 is 0 Å². The summed E-state index contributed by atoms with van der Waals surface area (Å²) >= 11 is 6.26. The molecule has 1 heterocycles. The van der Waals surface area contributed by atoms with E-state index in [1.165, 1.54) is 0 Å². The largest absolute Gasteiger partial charge is 0.313 e. The molecule has 3 nitrogen and oxygen atoms in total. The van der Waals surface area contributed by atoms with E-state index in [1.54, 1.807) is 6.20 Å². The van der Waals surface area contributed by atoms with Gasteiger partial charge in [0.15, 0.2) is 0 Å². The summed E-state index contributed by atoms with van der Waals surface area (Å²) < 4.78 is 2.02. The van der Waals surface area contributed by atoms with Crippen molar-refractivity contribution in [1.29, 1.82) is 0 Å². The van der Waals surface area contributed by atoms with Crippen molar-refractivity contribution >= 4 is 11.6 Å². The van der Waals surface area contributed by atoms with E-state index in [9.17, 15) is 0 Å². The molecule has 0 atom stereocenters. The zero-order valence-electron chi connectivity index (χ0n) is 10.1. The summed E-state index contributed by atoms with van der Waals surface area (Å²) in [4.78, 5) is 4.20. The Labute approximate surface area is 106 Å². The lowest BCUT2D eigenvalue weighted by Gasteiger charge is -2.09. The molecule has 0 fully saturated rings. The molecule has 0 aliphatic carbocycles. The first-order valence-electron chi connectivity index (χ1n) is 5.72. The van der Waals surface area contributed by atoms with Crippen molar-refractivity contribution in [3.63, 3.8) is 0 Å². The number of aryl methyl sites for hydroxylation is 1. The second-order valence-corrected chi connectivity index (χ2v) is 4.31. The van der Waals surface area contributed by atoms with Crippen LogP contribution in [0.3, 0.4) is 0 Å². The third-order valence-electron chi connectivity index (χ3n) is 2.71. The molecule has 0 saturated heterocycles. The number of halogens is 1. The van der Waals surface area contributed by atoms with E-state index in [2.05, 4.69) is 29.4 Å². The summed E-state index contributed by atoms with van der Waals surface area (Å²) in [5.74, 6) is 0.959. The number of aromatic nitrogens is 2. The number of nitrogens with zero attached hydrogens (tertiary/aromatic N) is 2. The third kappa shape index (κ3) is 2.68. The normalized spacial score (nSPS) is 10.8. The van der Waals surface area contributed by atoms with Gasteiger partial charge in [-0.15, -0.1) is 0 Å². The molecule has 4 heteroatoms. The fourth-order valence-electron chi connectivity index (χ4n) is 1.74. The van der Waals surface area contributed by atoms with Crippen LogP contribution in [-0.4, -0.2) is 16.1 Å². The second kappa shape index (κ2) is 5.34. The monoisotopic (exact) mass is 249 g/mol. The first-order chi connectivity index (χ1) is 8.22. The summed E-state index contributed by atoms with van der Waals surface area (Å²) in [6, 6.07) is 6.09. The van der Waals surface area contributed by atoms with Gasteiger partial charge < -0.3 is 9.88 Å². The van der Waals surface area contributed by atoms with Crippen molar-refractivity contribution in [3.8, 4) is 5.69 Å². The van der Waals surface area contributed by atoms with Gasteiger partial charge in [-0.1, -0.05) is 24.6 Å². The van der Waals surface area contributed by atoms with Crippen LogP contribution in [0.15, 0.2) is 30.6 Å². The van der Waals surface area contributed by atoms with E-state index in [0.717, 1.165) is 35.2 Å². The van der Waals surface area contributed by atoms with Crippen molar-refractivity contribution in [2.75, 3.05) is 6.54 Å². The standard InChI is InChI=1S/C13H16ClN3/c1-3-15-9-11-4-5-12(8-13(11)14)17-7-6-16-10(17)2/h4-8,15H,3,9H2,1-2H3. The number of hydrogen-bond donors (Lipinski definition) is 1. The van der Waals surface area contributed by atoms with Crippen LogP contribution >= 0.6 is 11.6 Å². The molecule has 1 N–H and O–H groups in total. The lowest BCUT2D eigenvalue weighted by Crippen LogP contribution is -2.12. The minimum atomic E-state index is 0.788. The predicted octanol–water partition coefficient (Wildman–Crippen LogP) is 2.94. The fourth-order valence-corrected chi connectivity index (χ4v) is 1.98. The van der Waals surface area contributed by atoms with Gasteiger partial charge in [0.1, 0.15) is 5.82 Å². The molecule has 17 heavy (non-hydrogen) atoms. The number of benzene rings is 1. The fraction of sp³-hybridized carbons (Fsp3) is 0.308. The average molecular weight is 250 g/mol. The molecule has 0 amide bonds. The summed E-state index contributed by atoms with van der Waals surface area (Å²) in [5.41, 5.74) is 2.17. The summed E-state index contributed by atoms with van der Waals surface area (Å²) in [5, 5.41) is 4.06. The van der Waals surface area contributed by atoms with Crippen molar-refractivity contribution < 1.29 is 0 Å². The van der Waals surface area contributed by atoms with E-state index >= 15 is 0 Å². The van der Waals surface area contributed by atoms with Gasteiger partial charge in [-0.2, -0.15) is 0 Å². The van der Waals surface area contributed by atoms with Crippen LogP contribution in [-0.2, 0) is 6.54 Å². The Balaban J connectivity index is 2.28. The highest BCUT2D eigenvalue weighted by molar-refractivity contribution is 6.31. The van der Waals surface area contributed by atoms with E-state index < -0.39 is 0 Å². The Hall–Kier alpha value is -1.32. The number of hydrogen-bond acceptors (Lipinski definition) is 2. The predicted molar refractivity (Wildman–Crippen MR) is 70.7 cm³/mol. The van der Waals surface area contributed by atoms with Crippen LogP contribution in [0, 0.1) is 6.92 Å². The lowest BCUT2D eigenvalue weighted by molar-refractivity contribution is 0.727. The highest BCUT2D eigenvalue weighted by Crippen LogP contribution is 2.21. The Kier molecular flexibility index (Phi) is 3.82. The van der Waals surface area contributed by atoms with Gasteiger partial charge in [-0.3, -0.25) is 0 Å². The van der Waals surface area contributed by atoms with E-state index in [-0.39, 0.29) is 0 Å². The van der Waals surface area contributed by atoms with Crippen LogP contribution in [0.2, 0.25) is 5.02 Å². The van der Waals surface area contributed by atoms with Crippen LogP contribution < -0.4 is 5.32 Å². The molecule has 0 unspecified atom stereocenters. The molecule has 0 saturated carbocycles. The molecular weight excluding hydrogens is 234 g/mol. The second-order valence-electron chi connectivity index (χ2n) is 3.90. The highest BCUT2D eigenvalue weighted by atomic mass is 35.5. The topological polar surface area (TPSA) is 29.9 Å². The molecule has 0 radical (unpaired) electrons. The third-order valence-corrected chi connectivity index (χ3v) is 3.06. The molecule has 0 spiro atoms. The molecular formula is C13H16ClN3.